The largest absolute Gasteiger partial charge is 0.278 e. The zero-order chi connectivity index (χ0) is 12.3. The van der Waals surface area contributed by atoms with Crippen molar-refractivity contribution in [2.24, 2.45) is 4.99 Å². The lowest BCUT2D eigenvalue weighted by Crippen LogP contribution is -2.01. The molecule has 0 radical (unpaired) electrons. The van der Waals surface area contributed by atoms with Crippen LogP contribution in [0.4, 0.5) is 0 Å². The fourth-order valence-corrected chi connectivity index (χ4v) is 2.55. The molecule has 0 saturated carbocycles. The maximum absolute atomic E-state index is 11.3. The highest BCUT2D eigenvalue weighted by molar-refractivity contribution is 8.16. The maximum atomic E-state index is 11.3. The van der Waals surface area contributed by atoms with E-state index >= 15 is 0 Å². The maximum Gasteiger partial charge on any atom is 0.278 e. The van der Waals surface area contributed by atoms with Crippen molar-refractivity contribution in [1.82, 2.24) is 0 Å². The molecule has 0 bridgehead atoms. The second-order valence-corrected chi connectivity index (χ2v) is 6.31. The van der Waals surface area contributed by atoms with Crippen LogP contribution in [0.3, 0.4) is 0 Å². The van der Waals surface area contributed by atoms with E-state index in [0.717, 1.165) is 24.1 Å². The molecule has 1 aromatic carbocycles. The molecule has 0 saturated heterocycles. The van der Waals surface area contributed by atoms with Crippen LogP contribution < -0.4 is 0 Å². The average molecular weight is 270 g/mol. The Morgan fingerprint density at radius 2 is 1.88 bits per heavy atom. The summed E-state index contributed by atoms with van der Waals surface area (Å²) in [5.74, 6) is 0. The quantitative estimate of drug-likeness (QED) is 0.775. The number of allylic oxidation sites excluding steroid dienone is 1. The topological polar surface area (TPSA) is 46.5 Å². The Balaban J connectivity index is 2.42. The van der Waals surface area contributed by atoms with Crippen molar-refractivity contribution in [1.29, 1.82) is 0 Å². The summed E-state index contributed by atoms with van der Waals surface area (Å²) in [5.41, 5.74) is 1.72. The number of halogens is 1. The molecule has 0 aromatic heterocycles. The summed E-state index contributed by atoms with van der Waals surface area (Å²) >= 11 is 0. The van der Waals surface area contributed by atoms with E-state index in [1.54, 1.807) is 6.08 Å². The van der Waals surface area contributed by atoms with Gasteiger partial charge in [0.2, 0.25) is 0 Å². The highest BCUT2D eigenvalue weighted by Crippen LogP contribution is 2.21. The van der Waals surface area contributed by atoms with Crippen LogP contribution in [0, 0.1) is 0 Å². The zero-order valence-corrected chi connectivity index (χ0v) is 10.7. The first-order valence-electron chi connectivity index (χ1n) is 5.35. The first-order chi connectivity index (χ1) is 8.07. The lowest BCUT2D eigenvalue weighted by Gasteiger charge is -2.04. The highest BCUT2D eigenvalue weighted by atomic mass is 35.7. The minimum absolute atomic E-state index is 0.0319. The molecule has 0 N–H and O–H groups in total. The number of rotatable bonds is 2. The van der Waals surface area contributed by atoms with Gasteiger partial charge in [-0.2, -0.15) is 0 Å². The fraction of sp³-hybridized carbons (Fsp3) is 0.250. The van der Waals surface area contributed by atoms with Crippen LogP contribution in [-0.2, 0) is 9.05 Å². The third kappa shape index (κ3) is 3.17. The Kier molecular flexibility index (Phi) is 3.64. The lowest BCUT2D eigenvalue weighted by molar-refractivity contribution is 0.614. The summed E-state index contributed by atoms with van der Waals surface area (Å²) in [6, 6.07) is 9.56. The molecule has 1 heterocycles. The van der Waals surface area contributed by atoms with Crippen LogP contribution in [0.15, 0.2) is 46.4 Å². The Bertz CT molecular complexity index is 561. The van der Waals surface area contributed by atoms with Gasteiger partial charge in [-0.3, -0.25) is 0 Å². The molecular weight excluding hydrogens is 258 g/mol. The van der Waals surface area contributed by atoms with E-state index in [9.17, 15) is 8.42 Å². The molecule has 0 aliphatic carbocycles. The molecular formula is C12H12ClNO2S. The third-order valence-electron chi connectivity index (χ3n) is 2.54. The standard InChI is InChI=1S/C12H12ClNO2S/c13-17(15,16)12-9-5-4-8-11(14-12)10-6-2-1-3-7-10/h1-3,6-7,9H,4-5,8H2. The third-order valence-corrected chi connectivity index (χ3v) is 3.77. The molecule has 0 unspecified atom stereocenters. The van der Waals surface area contributed by atoms with Gasteiger partial charge in [0.15, 0.2) is 5.03 Å². The van der Waals surface area contributed by atoms with Crippen molar-refractivity contribution >= 4 is 25.4 Å². The number of hydrogen-bond donors (Lipinski definition) is 0. The highest BCUT2D eigenvalue weighted by Gasteiger charge is 2.17. The number of aliphatic imine (C=N–C) groups is 1. The SMILES string of the molecule is O=S(=O)(Cl)C1=CCCCC(c2ccccc2)=N1. The van der Waals surface area contributed by atoms with Gasteiger partial charge in [-0.25, -0.2) is 13.4 Å². The monoisotopic (exact) mass is 269 g/mol. The molecule has 0 atom stereocenters. The van der Waals surface area contributed by atoms with Gasteiger partial charge in [-0.05, 0) is 30.9 Å². The van der Waals surface area contributed by atoms with Crippen LogP contribution in [0.25, 0.3) is 0 Å². The van der Waals surface area contributed by atoms with Crippen LogP contribution in [0.2, 0.25) is 0 Å². The van der Waals surface area contributed by atoms with Crippen molar-refractivity contribution in [2.45, 2.75) is 19.3 Å². The minimum atomic E-state index is -3.74. The summed E-state index contributed by atoms with van der Waals surface area (Å²) in [7, 11) is 1.59. The Hall–Kier alpha value is -1.13. The number of benzene rings is 1. The van der Waals surface area contributed by atoms with Gasteiger partial charge in [-0.15, -0.1) is 0 Å². The Morgan fingerprint density at radius 3 is 2.53 bits per heavy atom. The van der Waals surface area contributed by atoms with Gasteiger partial charge in [0.05, 0.1) is 0 Å². The van der Waals surface area contributed by atoms with Gasteiger partial charge in [0.1, 0.15) is 0 Å². The molecule has 2 rings (SSSR count). The predicted molar refractivity (Wildman–Crippen MR) is 69.7 cm³/mol. The summed E-state index contributed by atoms with van der Waals surface area (Å²) in [5, 5.41) is -0.0319. The van der Waals surface area contributed by atoms with Gasteiger partial charge in [0, 0.05) is 16.4 Å². The second kappa shape index (κ2) is 5.02. The fourth-order valence-electron chi connectivity index (χ4n) is 1.72. The zero-order valence-electron chi connectivity index (χ0n) is 9.14. The molecule has 1 aliphatic rings. The molecule has 0 spiro atoms. The van der Waals surface area contributed by atoms with Gasteiger partial charge in [0.25, 0.3) is 9.05 Å². The van der Waals surface area contributed by atoms with Gasteiger partial charge in [-0.1, -0.05) is 30.3 Å². The van der Waals surface area contributed by atoms with Crippen LogP contribution in [0.1, 0.15) is 24.8 Å². The minimum Gasteiger partial charge on any atom is -0.240 e. The first-order valence-corrected chi connectivity index (χ1v) is 7.66. The summed E-state index contributed by atoms with van der Waals surface area (Å²) in [6.45, 7) is 0. The van der Waals surface area contributed by atoms with E-state index in [-0.39, 0.29) is 5.03 Å². The molecule has 1 aromatic rings. The lowest BCUT2D eigenvalue weighted by atomic mass is 10.1. The van der Waals surface area contributed by atoms with Crippen LogP contribution in [0.5, 0.6) is 0 Å². The normalized spacial score (nSPS) is 17.0. The van der Waals surface area contributed by atoms with Crippen molar-refractivity contribution in [3.05, 3.63) is 47.0 Å². The Morgan fingerprint density at radius 1 is 1.18 bits per heavy atom. The van der Waals surface area contributed by atoms with E-state index < -0.39 is 9.05 Å². The van der Waals surface area contributed by atoms with Crippen LogP contribution >= 0.6 is 10.7 Å². The van der Waals surface area contributed by atoms with E-state index in [1.165, 1.54) is 0 Å². The summed E-state index contributed by atoms with van der Waals surface area (Å²) < 4.78 is 22.6. The molecule has 17 heavy (non-hydrogen) atoms. The van der Waals surface area contributed by atoms with Crippen molar-refractivity contribution in [3.8, 4) is 0 Å². The molecule has 5 heteroatoms. The van der Waals surface area contributed by atoms with E-state index in [0.29, 0.717) is 6.42 Å². The molecule has 1 aliphatic heterocycles. The van der Waals surface area contributed by atoms with Crippen molar-refractivity contribution in [3.63, 3.8) is 0 Å². The second-order valence-electron chi connectivity index (χ2n) is 3.80. The first kappa shape index (κ1) is 12.3. The molecule has 0 fully saturated rings. The average Bonchev–Trinajstić information content (AvgIpc) is 2.55. The number of hydrogen-bond acceptors (Lipinski definition) is 3. The van der Waals surface area contributed by atoms with E-state index in [1.807, 2.05) is 30.3 Å². The predicted octanol–water partition coefficient (Wildman–Crippen LogP) is 3.07. The van der Waals surface area contributed by atoms with Crippen molar-refractivity contribution < 1.29 is 8.42 Å². The molecule has 90 valence electrons. The van der Waals surface area contributed by atoms with E-state index in [4.69, 9.17) is 10.7 Å². The molecule has 3 nitrogen and oxygen atoms in total. The van der Waals surface area contributed by atoms with Gasteiger partial charge < -0.3 is 0 Å². The van der Waals surface area contributed by atoms with Crippen LogP contribution in [-0.4, -0.2) is 14.1 Å². The summed E-state index contributed by atoms with van der Waals surface area (Å²) in [6.07, 6.45) is 3.90. The van der Waals surface area contributed by atoms with E-state index in [2.05, 4.69) is 4.99 Å². The smallest absolute Gasteiger partial charge is 0.240 e. The summed E-state index contributed by atoms with van der Waals surface area (Å²) in [4.78, 5) is 4.17. The number of nitrogens with zero attached hydrogens (tertiary/aromatic N) is 1. The molecule has 0 amide bonds. The van der Waals surface area contributed by atoms with Gasteiger partial charge >= 0.3 is 0 Å². The van der Waals surface area contributed by atoms with Crippen molar-refractivity contribution in [2.75, 3.05) is 0 Å². The Labute approximate surface area is 105 Å².